The minimum atomic E-state index is -4.75. The van der Waals surface area contributed by atoms with E-state index in [2.05, 4.69) is 32.1 Å². The van der Waals surface area contributed by atoms with Crippen molar-refractivity contribution < 1.29 is 27.5 Å². The Morgan fingerprint density at radius 3 is 2.39 bits per heavy atom. The molecule has 1 aliphatic heterocycles. The number of hydrogen-bond donors (Lipinski definition) is 1. The van der Waals surface area contributed by atoms with Gasteiger partial charge in [-0.25, -0.2) is 14.5 Å². The third-order valence-corrected chi connectivity index (χ3v) is 8.40. The summed E-state index contributed by atoms with van der Waals surface area (Å²) in [4.78, 5) is 35.4. The molecule has 1 aliphatic rings. The molecule has 2 heterocycles. The Kier molecular flexibility index (Phi) is 9.80. The van der Waals surface area contributed by atoms with Crippen LogP contribution in [0, 0.1) is 20.8 Å². The Hall–Kier alpha value is -4.65. The van der Waals surface area contributed by atoms with Crippen LogP contribution >= 0.6 is 11.8 Å². The van der Waals surface area contributed by atoms with Gasteiger partial charge in [0, 0.05) is 12.1 Å². The molecule has 4 aromatic rings. The van der Waals surface area contributed by atoms with Crippen LogP contribution in [-0.2, 0) is 4.79 Å². The normalized spacial score (nSPS) is 15.0. The Morgan fingerprint density at radius 2 is 1.74 bits per heavy atom. The number of hydrogen-bond acceptors (Lipinski definition) is 6. The minimum Gasteiger partial charge on any atom is -0.406 e. The summed E-state index contributed by atoms with van der Waals surface area (Å²) in [6.45, 7) is 8.47. The summed E-state index contributed by atoms with van der Waals surface area (Å²) in [5.74, 6) is 0.543. The molecule has 1 aromatic heterocycles. The highest BCUT2D eigenvalue weighted by molar-refractivity contribution is 8.15. The number of nitrogens with one attached hydrogen (secondary N) is 1. The van der Waals surface area contributed by atoms with E-state index in [1.807, 2.05) is 57.2 Å². The van der Waals surface area contributed by atoms with Crippen LogP contribution in [0.25, 0.3) is 17.1 Å². The lowest BCUT2D eigenvalue weighted by Gasteiger charge is -2.21. The van der Waals surface area contributed by atoms with E-state index in [9.17, 15) is 22.8 Å². The molecule has 9 nitrogen and oxygen atoms in total. The van der Waals surface area contributed by atoms with E-state index >= 15 is 0 Å². The number of halogens is 3. The van der Waals surface area contributed by atoms with Crippen LogP contribution in [0.2, 0.25) is 0 Å². The summed E-state index contributed by atoms with van der Waals surface area (Å²) in [7, 11) is 0. The van der Waals surface area contributed by atoms with Crippen molar-refractivity contribution in [3.05, 3.63) is 89.2 Å². The first-order valence-electron chi connectivity index (χ1n) is 14.7. The highest BCUT2D eigenvalue weighted by Gasteiger charge is 2.33. The lowest BCUT2D eigenvalue weighted by Crippen LogP contribution is -2.32. The number of rotatable bonds is 9. The first kappa shape index (κ1) is 32.7. The summed E-state index contributed by atoms with van der Waals surface area (Å²) in [6, 6.07) is 16.8. The van der Waals surface area contributed by atoms with Gasteiger partial charge in [-0.2, -0.15) is 4.99 Å². The summed E-state index contributed by atoms with van der Waals surface area (Å²) in [5, 5.41) is 7.68. The average Bonchev–Trinajstić information content (AvgIpc) is 3.62. The highest BCUT2D eigenvalue weighted by atomic mass is 32.2. The van der Waals surface area contributed by atoms with E-state index in [0.717, 1.165) is 46.3 Å². The van der Waals surface area contributed by atoms with Gasteiger partial charge in [0.15, 0.2) is 11.0 Å². The molecule has 240 valence electrons. The summed E-state index contributed by atoms with van der Waals surface area (Å²) in [5.41, 5.74) is 6.27. The number of alkyl halides is 3. The Balaban J connectivity index is 1.12. The molecule has 1 fully saturated rings. The molecule has 46 heavy (non-hydrogen) atoms. The monoisotopic (exact) mass is 650 g/mol. The van der Waals surface area contributed by atoms with Crippen LogP contribution in [0.3, 0.4) is 0 Å². The maximum absolute atomic E-state index is 12.7. The number of aryl methyl sites for hydroxylation is 3. The van der Waals surface area contributed by atoms with Crippen molar-refractivity contribution in [2.75, 3.05) is 17.2 Å². The lowest BCUT2D eigenvalue weighted by molar-refractivity contribution is -0.274. The molecule has 3 amide bonds. The quantitative estimate of drug-likeness (QED) is 0.189. The van der Waals surface area contributed by atoms with Crippen LogP contribution in [0.15, 0.2) is 72.0 Å². The van der Waals surface area contributed by atoms with E-state index in [1.165, 1.54) is 47.0 Å². The van der Waals surface area contributed by atoms with Crippen molar-refractivity contribution in [3.8, 4) is 22.8 Å². The lowest BCUT2D eigenvalue weighted by atomic mass is 9.95. The zero-order chi connectivity index (χ0) is 33.0. The van der Waals surface area contributed by atoms with Crippen molar-refractivity contribution in [1.29, 1.82) is 0 Å². The number of benzene rings is 3. The van der Waals surface area contributed by atoms with Crippen molar-refractivity contribution in [2.45, 2.75) is 52.8 Å². The molecule has 5 rings (SSSR count). The molecule has 0 spiro atoms. The van der Waals surface area contributed by atoms with Crippen LogP contribution in [-0.4, -0.2) is 50.5 Å². The number of anilines is 1. The number of nitrogens with zero attached hydrogens (tertiary/aromatic N) is 5. The molecule has 0 aliphatic carbocycles. The number of amides is 3. The Morgan fingerprint density at radius 1 is 1.07 bits per heavy atom. The fraction of sp³-hybridized carbons (Fsp3) is 0.303. The number of amidine groups is 1. The third kappa shape index (κ3) is 7.94. The van der Waals surface area contributed by atoms with Crippen molar-refractivity contribution >= 4 is 34.6 Å². The number of aromatic nitrogens is 3. The van der Waals surface area contributed by atoms with Gasteiger partial charge in [-0.1, -0.05) is 60.6 Å². The predicted octanol–water partition coefficient (Wildman–Crippen LogP) is 7.49. The number of carbonyl (C=O) groups is 2. The van der Waals surface area contributed by atoms with E-state index < -0.39 is 12.4 Å². The van der Waals surface area contributed by atoms with Gasteiger partial charge in [0.1, 0.15) is 12.1 Å². The molecule has 0 radical (unpaired) electrons. The van der Waals surface area contributed by atoms with Crippen molar-refractivity contribution in [1.82, 2.24) is 20.1 Å². The summed E-state index contributed by atoms with van der Waals surface area (Å²) in [6.07, 6.45) is -1.68. The predicted molar refractivity (Wildman–Crippen MR) is 173 cm³/mol. The number of carbonyl (C=O) groups excluding carboxylic acids is 2. The van der Waals surface area contributed by atoms with Gasteiger partial charge in [0.2, 0.25) is 5.91 Å². The molecule has 1 saturated heterocycles. The second-order valence-corrected chi connectivity index (χ2v) is 12.1. The fourth-order valence-electron chi connectivity index (χ4n) is 5.37. The van der Waals surface area contributed by atoms with Gasteiger partial charge in [-0.05, 0) is 80.5 Å². The zero-order valence-electron chi connectivity index (χ0n) is 25.8. The average molecular weight is 651 g/mol. The van der Waals surface area contributed by atoms with Gasteiger partial charge in [-0.15, -0.1) is 18.3 Å². The SMILES string of the molecule is Cc1cc(C)c(N2C(=O)CSC2=NC(=O)NCCCC(C)c2ccc(-c3ncn(-c4ccc(OC(F)(F)F)cc4)n3)cc2)c(C)c1. The van der Waals surface area contributed by atoms with Crippen LogP contribution in [0.1, 0.15) is 47.9 Å². The standard InChI is InChI=1S/C33H33F3N6O3S/c1-20-16-22(3)29(23(4)17-20)42-28(43)18-46-32(42)39-31(44)37-15-5-6-21(2)24-7-9-25(10-8-24)30-38-19-41(40-30)26-11-13-27(14-12-26)45-33(34,35)36/h7-14,16-17,19,21H,5-6,15,18H2,1-4H3,(H,37,44). The molecule has 1 N–H and O–H groups in total. The molecular weight excluding hydrogens is 617 g/mol. The van der Waals surface area contributed by atoms with Gasteiger partial charge in [0.05, 0.1) is 17.1 Å². The number of ether oxygens (including phenoxy) is 1. The first-order chi connectivity index (χ1) is 21.9. The van der Waals surface area contributed by atoms with E-state index in [0.29, 0.717) is 23.2 Å². The second-order valence-electron chi connectivity index (χ2n) is 11.1. The van der Waals surface area contributed by atoms with Crippen molar-refractivity contribution in [2.24, 2.45) is 4.99 Å². The summed E-state index contributed by atoms with van der Waals surface area (Å²) < 4.78 is 42.6. The maximum atomic E-state index is 12.7. The van der Waals surface area contributed by atoms with Gasteiger partial charge in [-0.3, -0.25) is 9.69 Å². The number of aliphatic imine (C=N–C) groups is 1. The van der Waals surface area contributed by atoms with E-state index in [4.69, 9.17) is 0 Å². The van der Waals surface area contributed by atoms with Gasteiger partial charge >= 0.3 is 12.4 Å². The fourth-order valence-corrected chi connectivity index (χ4v) is 6.22. The van der Waals surface area contributed by atoms with Gasteiger partial charge < -0.3 is 10.1 Å². The van der Waals surface area contributed by atoms with Crippen LogP contribution < -0.4 is 15.0 Å². The largest absolute Gasteiger partial charge is 0.573 e. The Bertz CT molecular complexity index is 1730. The molecule has 1 atom stereocenters. The topological polar surface area (TPSA) is 102 Å². The molecular formula is C33H33F3N6O3S. The molecule has 13 heteroatoms. The van der Waals surface area contributed by atoms with E-state index in [-0.39, 0.29) is 23.3 Å². The van der Waals surface area contributed by atoms with Crippen LogP contribution in [0.5, 0.6) is 5.75 Å². The number of urea groups is 1. The minimum absolute atomic E-state index is 0.0938. The maximum Gasteiger partial charge on any atom is 0.573 e. The molecule has 0 bridgehead atoms. The van der Waals surface area contributed by atoms with Gasteiger partial charge in [0.25, 0.3) is 0 Å². The van der Waals surface area contributed by atoms with Crippen molar-refractivity contribution in [3.63, 3.8) is 0 Å². The molecule has 0 saturated carbocycles. The Labute approximate surface area is 268 Å². The van der Waals surface area contributed by atoms with Crippen LogP contribution in [0.4, 0.5) is 23.7 Å². The second kappa shape index (κ2) is 13.8. The summed E-state index contributed by atoms with van der Waals surface area (Å²) >= 11 is 1.26. The zero-order valence-corrected chi connectivity index (χ0v) is 26.6. The number of thioether (sulfide) groups is 1. The molecule has 3 aromatic carbocycles. The van der Waals surface area contributed by atoms with E-state index in [1.54, 1.807) is 4.90 Å². The molecule has 1 unspecified atom stereocenters. The first-order valence-corrected chi connectivity index (χ1v) is 15.6. The highest BCUT2D eigenvalue weighted by Crippen LogP contribution is 2.33. The third-order valence-electron chi connectivity index (χ3n) is 7.48. The smallest absolute Gasteiger partial charge is 0.406 e.